The van der Waals surface area contributed by atoms with Gasteiger partial charge in [-0.15, -0.1) is 0 Å². The maximum Gasteiger partial charge on any atom is 0.254 e. The third-order valence-corrected chi connectivity index (χ3v) is 4.58. The standard InChI is InChI=1S/C21H20ClN3O3/c22-16-8-6-15(7-9-16)17(14-4-2-1-3-5-14)12-19(26)23-11-10-18-24-20(27)13-21(28)25-18/h1-9,13,17H,10-12H2,(H,23,26)(H2,24,25,27,28)/t17-/m0/s1. The summed E-state index contributed by atoms with van der Waals surface area (Å²) in [6, 6.07) is 18.3. The van der Waals surface area contributed by atoms with Gasteiger partial charge in [0.1, 0.15) is 5.82 Å². The van der Waals surface area contributed by atoms with Crippen LogP contribution in [0.25, 0.3) is 0 Å². The van der Waals surface area contributed by atoms with Gasteiger partial charge in [-0.3, -0.25) is 9.59 Å². The largest absolute Gasteiger partial charge is 0.493 e. The summed E-state index contributed by atoms with van der Waals surface area (Å²) in [6.07, 6.45) is 0.585. The van der Waals surface area contributed by atoms with Gasteiger partial charge in [-0.1, -0.05) is 54.1 Å². The lowest BCUT2D eigenvalue weighted by atomic mass is 9.88. The van der Waals surface area contributed by atoms with Gasteiger partial charge in [0.2, 0.25) is 11.8 Å². The van der Waals surface area contributed by atoms with Crippen LogP contribution in [0.3, 0.4) is 0 Å². The van der Waals surface area contributed by atoms with Crippen LogP contribution in [0.1, 0.15) is 29.3 Å². The summed E-state index contributed by atoms with van der Waals surface area (Å²) < 4.78 is 0. The fourth-order valence-corrected chi connectivity index (χ4v) is 3.12. The van der Waals surface area contributed by atoms with Crippen LogP contribution in [0.4, 0.5) is 0 Å². The van der Waals surface area contributed by atoms with E-state index in [1.165, 1.54) is 0 Å². The number of hydrogen-bond acceptors (Lipinski definition) is 4. The Balaban J connectivity index is 1.66. The van der Waals surface area contributed by atoms with Crippen LogP contribution < -0.4 is 10.9 Å². The number of aromatic nitrogens is 2. The van der Waals surface area contributed by atoms with Gasteiger partial charge in [0.15, 0.2) is 0 Å². The zero-order chi connectivity index (χ0) is 19.9. The van der Waals surface area contributed by atoms with Crippen molar-refractivity contribution in [3.63, 3.8) is 0 Å². The molecule has 1 aromatic heterocycles. The van der Waals surface area contributed by atoms with Crippen molar-refractivity contribution in [1.82, 2.24) is 15.3 Å². The first-order valence-electron chi connectivity index (χ1n) is 8.87. The minimum absolute atomic E-state index is 0.0998. The smallest absolute Gasteiger partial charge is 0.254 e. The molecule has 1 heterocycles. The fourth-order valence-electron chi connectivity index (χ4n) is 3.00. The molecule has 0 saturated carbocycles. The fraction of sp³-hybridized carbons (Fsp3) is 0.190. The second-order valence-electron chi connectivity index (χ2n) is 6.37. The van der Waals surface area contributed by atoms with Crippen molar-refractivity contribution >= 4 is 17.5 Å². The molecular formula is C21H20ClN3O3. The summed E-state index contributed by atoms with van der Waals surface area (Å²) in [6.45, 7) is 0.299. The highest BCUT2D eigenvalue weighted by Crippen LogP contribution is 2.28. The molecule has 6 nitrogen and oxygen atoms in total. The molecule has 3 rings (SSSR count). The summed E-state index contributed by atoms with van der Waals surface area (Å²) in [4.78, 5) is 30.2. The molecule has 1 atom stereocenters. The first-order valence-corrected chi connectivity index (χ1v) is 9.25. The molecule has 1 amide bonds. The average molecular weight is 398 g/mol. The maximum atomic E-state index is 12.5. The normalized spacial score (nSPS) is 11.8. The van der Waals surface area contributed by atoms with Crippen molar-refractivity contribution in [2.45, 2.75) is 18.8 Å². The quantitative estimate of drug-likeness (QED) is 0.571. The van der Waals surface area contributed by atoms with E-state index in [9.17, 15) is 14.7 Å². The van der Waals surface area contributed by atoms with E-state index in [0.717, 1.165) is 17.2 Å². The first kappa shape index (κ1) is 19.6. The number of halogens is 1. The predicted molar refractivity (Wildman–Crippen MR) is 108 cm³/mol. The highest BCUT2D eigenvalue weighted by Gasteiger charge is 2.18. The number of nitrogens with zero attached hydrogens (tertiary/aromatic N) is 1. The van der Waals surface area contributed by atoms with Gasteiger partial charge in [-0.25, -0.2) is 4.98 Å². The predicted octanol–water partition coefficient (Wildman–Crippen LogP) is 3.01. The Kier molecular flexibility index (Phi) is 6.45. The molecule has 7 heteroatoms. The summed E-state index contributed by atoms with van der Waals surface area (Å²) in [5.41, 5.74) is 1.62. The van der Waals surface area contributed by atoms with Gasteiger partial charge >= 0.3 is 0 Å². The van der Waals surface area contributed by atoms with E-state index >= 15 is 0 Å². The molecule has 3 aromatic rings. The molecule has 0 saturated heterocycles. The minimum Gasteiger partial charge on any atom is -0.493 e. The summed E-state index contributed by atoms with van der Waals surface area (Å²) in [7, 11) is 0. The van der Waals surface area contributed by atoms with Gasteiger partial charge in [0.25, 0.3) is 5.56 Å². The van der Waals surface area contributed by atoms with E-state index in [0.29, 0.717) is 23.8 Å². The van der Waals surface area contributed by atoms with Gasteiger partial charge in [0, 0.05) is 30.3 Å². The second-order valence-corrected chi connectivity index (χ2v) is 6.81. The molecular weight excluding hydrogens is 378 g/mol. The van der Waals surface area contributed by atoms with E-state index in [1.807, 2.05) is 54.6 Å². The molecule has 2 aromatic carbocycles. The Morgan fingerprint density at radius 3 is 2.46 bits per heavy atom. The van der Waals surface area contributed by atoms with Crippen LogP contribution in [0, 0.1) is 0 Å². The SMILES string of the molecule is O=C(C[C@@H](c1ccccc1)c1ccc(Cl)cc1)NCCc1nc(O)cc(=O)[nH]1. The van der Waals surface area contributed by atoms with E-state index < -0.39 is 5.56 Å². The highest BCUT2D eigenvalue weighted by atomic mass is 35.5. The number of H-pyrrole nitrogens is 1. The number of benzene rings is 2. The molecule has 0 unspecified atom stereocenters. The average Bonchev–Trinajstić information content (AvgIpc) is 2.67. The Morgan fingerprint density at radius 1 is 1.11 bits per heavy atom. The van der Waals surface area contributed by atoms with Gasteiger partial charge in [-0.05, 0) is 23.3 Å². The zero-order valence-corrected chi connectivity index (χ0v) is 15.8. The van der Waals surface area contributed by atoms with Gasteiger partial charge in [0.05, 0.1) is 6.07 Å². The van der Waals surface area contributed by atoms with Crippen molar-refractivity contribution in [2.75, 3.05) is 6.54 Å². The molecule has 144 valence electrons. The third-order valence-electron chi connectivity index (χ3n) is 4.32. The molecule has 0 spiro atoms. The van der Waals surface area contributed by atoms with Crippen LogP contribution in [0.2, 0.25) is 5.02 Å². The Bertz CT molecular complexity index is 988. The van der Waals surface area contributed by atoms with Crippen molar-refractivity contribution in [1.29, 1.82) is 0 Å². The second kappa shape index (κ2) is 9.19. The number of rotatable bonds is 7. The lowest BCUT2D eigenvalue weighted by molar-refractivity contribution is -0.121. The number of carbonyl (C=O) groups is 1. The Hall–Kier alpha value is -3.12. The van der Waals surface area contributed by atoms with E-state index in [4.69, 9.17) is 11.6 Å². The molecule has 0 aliphatic carbocycles. The lowest BCUT2D eigenvalue weighted by Gasteiger charge is -2.18. The van der Waals surface area contributed by atoms with Crippen LogP contribution in [0.15, 0.2) is 65.5 Å². The Morgan fingerprint density at radius 2 is 1.79 bits per heavy atom. The third kappa shape index (κ3) is 5.44. The van der Waals surface area contributed by atoms with E-state index in [1.54, 1.807) is 0 Å². The lowest BCUT2D eigenvalue weighted by Crippen LogP contribution is -2.28. The molecule has 28 heavy (non-hydrogen) atoms. The molecule has 0 fully saturated rings. The minimum atomic E-state index is -0.430. The summed E-state index contributed by atoms with van der Waals surface area (Å²) in [5, 5.41) is 12.9. The molecule has 0 aliphatic heterocycles. The summed E-state index contributed by atoms with van der Waals surface area (Å²) in [5.74, 6) is -0.233. The number of aromatic amines is 1. The van der Waals surface area contributed by atoms with Crippen molar-refractivity contribution in [3.8, 4) is 5.88 Å². The molecule has 0 bridgehead atoms. The molecule has 0 radical (unpaired) electrons. The highest BCUT2D eigenvalue weighted by molar-refractivity contribution is 6.30. The monoisotopic (exact) mass is 397 g/mol. The number of aromatic hydroxyl groups is 1. The van der Waals surface area contributed by atoms with Gasteiger partial charge < -0.3 is 15.4 Å². The summed E-state index contributed by atoms with van der Waals surface area (Å²) >= 11 is 5.99. The maximum absolute atomic E-state index is 12.5. The number of hydrogen-bond donors (Lipinski definition) is 3. The van der Waals surface area contributed by atoms with Crippen molar-refractivity contribution in [3.05, 3.63) is 93.0 Å². The Labute approximate surface area is 167 Å². The van der Waals surface area contributed by atoms with Crippen LogP contribution >= 0.6 is 11.6 Å². The van der Waals surface area contributed by atoms with Crippen LogP contribution in [-0.4, -0.2) is 27.5 Å². The first-order chi connectivity index (χ1) is 13.5. The van der Waals surface area contributed by atoms with Crippen molar-refractivity contribution < 1.29 is 9.90 Å². The van der Waals surface area contributed by atoms with E-state index in [2.05, 4.69) is 15.3 Å². The van der Waals surface area contributed by atoms with Crippen LogP contribution in [-0.2, 0) is 11.2 Å². The molecule has 0 aliphatic rings. The molecule has 3 N–H and O–H groups in total. The topological polar surface area (TPSA) is 95.1 Å². The van der Waals surface area contributed by atoms with E-state index in [-0.39, 0.29) is 24.1 Å². The van der Waals surface area contributed by atoms with Crippen molar-refractivity contribution in [2.24, 2.45) is 0 Å². The zero-order valence-electron chi connectivity index (χ0n) is 15.1. The number of carbonyl (C=O) groups excluding carboxylic acids is 1. The van der Waals surface area contributed by atoms with Gasteiger partial charge in [-0.2, -0.15) is 0 Å². The van der Waals surface area contributed by atoms with Crippen LogP contribution in [0.5, 0.6) is 5.88 Å². The number of nitrogens with one attached hydrogen (secondary N) is 2. The number of amides is 1.